The maximum atomic E-state index is 12.6. The molecule has 7 heteroatoms. The molecule has 1 heterocycles. The van der Waals surface area contributed by atoms with Gasteiger partial charge in [0.2, 0.25) is 12.3 Å². The van der Waals surface area contributed by atoms with E-state index in [9.17, 15) is 26.7 Å². The van der Waals surface area contributed by atoms with E-state index in [1.807, 2.05) is 0 Å². The molecule has 1 aliphatic rings. The van der Waals surface area contributed by atoms with E-state index < -0.39 is 29.9 Å². The second kappa shape index (κ2) is 5.85. The Kier molecular flexibility index (Phi) is 5.03. The summed E-state index contributed by atoms with van der Waals surface area (Å²) in [5.41, 5.74) is -0.612. The standard InChI is InChI=1S/C13H20F5NO/c1-12(2,3)11(20)19-6-4-8(5-7-19)9(10(14)15)13(16,17)18/h8-10H,4-7H2,1-3H3. The second-order valence-electron chi connectivity index (χ2n) is 6.28. The number of hydrogen-bond acceptors (Lipinski definition) is 1. The Labute approximate surface area is 115 Å². The lowest BCUT2D eigenvalue weighted by Gasteiger charge is -2.38. The first-order valence-electron chi connectivity index (χ1n) is 6.59. The van der Waals surface area contributed by atoms with E-state index in [-0.39, 0.29) is 31.8 Å². The third kappa shape index (κ3) is 4.06. The summed E-state index contributed by atoms with van der Waals surface area (Å²) in [6.45, 7) is 5.39. The predicted molar refractivity (Wildman–Crippen MR) is 64.3 cm³/mol. The minimum absolute atomic E-state index is 0.0314. The molecule has 0 aromatic heterocycles. The molecule has 1 amide bonds. The van der Waals surface area contributed by atoms with E-state index in [4.69, 9.17) is 0 Å². The van der Waals surface area contributed by atoms with Gasteiger partial charge < -0.3 is 4.90 Å². The third-order valence-electron chi connectivity index (χ3n) is 3.63. The molecule has 1 atom stereocenters. The molecule has 0 radical (unpaired) electrons. The highest BCUT2D eigenvalue weighted by atomic mass is 19.4. The van der Waals surface area contributed by atoms with Crippen LogP contribution in [0.15, 0.2) is 0 Å². The minimum atomic E-state index is -4.89. The fourth-order valence-electron chi connectivity index (χ4n) is 2.55. The van der Waals surface area contributed by atoms with Crippen molar-refractivity contribution in [3.8, 4) is 0 Å². The van der Waals surface area contributed by atoms with Crippen LogP contribution >= 0.6 is 0 Å². The molecule has 2 nitrogen and oxygen atoms in total. The molecule has 1 unspecified atom stereocenters. The Bertz CT molecular complexity index is 340. The van der Waals surface area contributed by atoms with E-state index in [2.05, 4.69) is 0 Å². The van der Waals surface area contributed by atoms with Crippen LogP contribution in [0.4, 0.5) is 22.0 Å². The zero-order valence-corrected chi connectivity index (χ0v) is 11.8. The van der Waals surface area contributed by atoms with Crippen molar-refractivity contribution in [2.75, 3.05) is 13.1 Å². The van der Waals surface area contributed by atoms with Crippen molar-refractivity contribution in [1.82, 2.24) is 4.90 Å². The van der Waals surface area contributed by atoms with E-state index in [0.717, 1.165) is 0 Å². The number of nitrogens with zero attached hydrogens (tertiary/aromatic N) is 1. The highest BCUT2D eigenvalue weighted by Gasteiger charge is 2.51. The smallest absolute Gasteiger partial charge is 0.342 e. The quantitative estimate of drug-likeness (QED) is 0.712. The number of piperidine rings is 1. The number of carbonyl (C=O) groups is 1. The van der Waals surface area contributed by atoms with Crippen LogP contribution in [-0.4, -0.2) is 36.5 Å². The maximum absolute atomic E-state index is 12.6. The minimum Gasteiger partial charge on any atom is -0.342 e. The van der Waals surface area contributed by atoms with E-state index in [1.165, 1.54) is 4.90 Å². The molecule has 0 spiro atoms. The molecule has 0 aromatic carbocycles. The van der Waals surface area contributed by atoms with Crippen LogP contribution in [-0.2, 0) is 4.79 Å². The molecule has 0 aromatic rings. The van der Waals surface area contributed by atoms with Crippen LogP contribution < -0.4 is 0 Å². The number of alkyl halides is 5. The molecule has 1 fully saturated rings. The van der Waals surface area contributed by atoms with Crippen LogP contribution in [0.2, 0.25) is 0 Å². The summed E-state index contributed by atoms with van der Waals surface area (Å²) < 4.78 is 63.2. The Hall–Kier alpha value is -0.880. The van der Waals surface area contributed by atoms with Crippen molar-refractivity contribution in [2.24, 2.45) is 17.3 Å². The van der Waals surface area contributed by atoms with Gasteiger partial charge in [0.15, 0.2) is 0 Å². The average Bonchev–Trinajstić information content (AvgIpc) is 2.25. The van der Waals surface area contributed by atoms with Crippen molar-refractivity contribution < 1.29 is 26.7 Å². The van der Waals surface area contributed by atoms with Gasteiger partial charge in [-0.3, -0.25) is 4.79 Å². The highest BCUT2D eigenvalue weighted by Crippen LogP contribution is 2.41. The number of likely N-dealkylation sites (tertiary alicyclic amines) is 1. The van der Waals surface area contributed by atoms with Crippen LogP contribution in [0.5, 0.6) is 0 Å². The normalized spacial score (nSPS) is 20.4. The summed E-state index contributed by atoms with van der Waals surface area (Å²) in [5.74, 6) is -3.86. The second-order valence-corrected chi connectivity index (χ2v) is 6.28. The van der Waals surface area contributed by atoms with Gasteiger partial charge in [0.1, 0.15) is 5.92 Å². The first-order chi connectivity index (χ1) is 8.94. The molecule has 20 heavy (non-hydrogen) atoms. The van der Waals surface area contributed by atoms with Crippen molar-refractivity contribution >= 4 is 5.91 Å². The number of carbonyl (C=O) groups excluding carboxylic acids is 1. The van der Waals surface area contributed by atoms with E-state index >= 15 is 0 Å². The van der Waals surface area contributed by atoms with Gasteiger partial charge in [0.25, 0.3) is 0 Å². The number of rotatable bonds is 2. The molecule has 1 saturated heterocycles. The first-order valence-corrected chi connectivity index (χ1v) is 6.59. The summed E-state index contributed by atoms with van der Waals surface area (Å²) in [6, 6.07) is 0. The summed E-state index contributed by atoms with van der Waals surface area (Å²) in [4.78, 5) is 13.5. The summed E-state index contributed by atoms with van der Waals surface area (Å²) in [5, 5.41) is 0. The van der Waals surface area contributed by atoms with Crippen molar-refractivity contribution in [1.29, 1.82) is 0 Å². The van der Waals surface area contributed by atoms with Gasteiger partial charge >= 0.3 is 6.18 Å². The van der Waals surface area contributed by atoms with Crippen molar-refractivity contribution in [3.63, 3.8) is 0 Å². The topological polar surface area (TPSA) is 20.3 Å². The van der Waals surface area contributed by atoms with Crippen LogP contribution in [0.25, 0.3) is 0 Å². The number of halogens is 5. The lowest BCUT2D eigenvalue weighted by Crippen LogP contribution is -2.47. The predicted octanol–water partition coefficient (Wildman–Crippen LogP) is 3.71. The SMILES string of the molecule is CC(C)(C)C(=O)N1CCC(C(C(F)F)C(F)(F)F)CC1. The Morgan fingerprint density at radius 2 is 1.55 bits per heavy atom. The number of hydrogen-bond donors (Lipinski definition) is 0. The lowest BCUT2D eigenvalue weighted by atomic mass is 9.83. The third-order valence-corrected chi connectivity index (χ3v) is 3.63. The number of amides is 1. The van der Waals surface area contributed by atoms with Crippen LogP contribution in [0.1, 0.15) is 33.6 Å². The summed E-state index contributed by atoms with van der Waals surface area (Å²) in [6.07, 6.45) is -8.37. The molecule has 1 aliphatic heterocycles. The maximum Gasteiger partial charge on any atom is 0.397 e. The van der Waals surface area contributed by atoms with E-state index in [1.54, 1.807) is 20.8 Å². The van der Waals surface area contributed by atoms with Gasteiger partial charge in [-0.15, -0.1) is 0 Å². The van der Waals surface area contributed by atoms with Crippen LogP contribution in [0, 0.1) is 17.3 Å². The zero-order chi connectivity index (χ0) is 15.7. The van der Waals surface area contributed by atoms with Crippen molar-refractivity contribution in [2.45, 2.75) is 46.2 Å². The van der Waals surface area contributed by atoms with E-state index in [0.29, 0.717) is 0 Å². The van der Waals surface area contributed by atoms with Gasteiger partial charge in [-0.1, -0.05) is 20.8 Å². The molecular formula is C13H20F5NO. The fraction of sp³-hybridized carbons (Fsp3) is 0.923. The molecule has 118 valence electrons. The molecule has 0 aliphatic carbocycles. The largest absolute Gasteiger partial charge is 0.397 e. The zero-order valence-electron chi connectivity index (χ0n) is 11.8. The van der Waals surface area contributed by atoms with Crippen molar-refractivity contribution in [3.05, 3.63) is 0 Å². The molecule has 1 rings (SSSR count). The Balaban J connectivity index is 2.68. The average molecular weight is 301 g/mol. The Morgan fingerprint density at radius 3 is 1.85 bits per heavy atom. The summed E-state index contributed by atoms with van der Waals surface area (Å²) in [7, 11) is 0. The summed E-state index contributed by atoms with van der Waals surface area (Å²) >= 11 is 0. The fourth-order valence-corrected chi connectivity index (χ4v) is 2.55. The van der Waals surface area contributed by atoms with Gasteiger partial charge in [-0.25, -0.2) is 8.78 Å². The molecule has 0 bridgehead atoms. The molecule has 0 N–H and O–H groups in total. The van der Waals surface area contributed by atoms with Gasteiger partial charge in [0, 0.05) is 18.5 Å². The monoisotopic (exact) mass is 301 g/mol. The molecule has 0 saturated carbocycles. The van der Waals surface area contributed by atoms with Gasteiger partial charge in [-0.05, 0) is 18.8 Å². The first kappa shape index (κ1) is 17.2. The highest BCUT2D eigenvalue weighted by molar-refractivity contribution is 5.81. The van der Waals surface area contributed by atoms with Gasteiger partial charge in [-0.2, -0.15) is 13.2 Å². The van der Waals surface area contributed by atoms with Gasteiger partial charge in [0.05, 0.1) is 0 Å². The Morgan fingerprint density at radius 1 is 1.10 bits per heavy atom. The molecular weight excluding hydrogens is 281 g/mol. The van der Waals surface area contributed by atoms with Crippen LogP contribution in [0.3, 0.4) is 0 Å². The lowest BCUT2D eigenvalue weighted by molar-refractivity contribution is -0.226.